The first-order valence-corrected chi connectivity index (χ1v) is 7.46. The fourth-order valence-electron chi connectivity index (χ4n) is 1.89. The Morgan fingerprint density at radius 2 is 1.27 bits per heavy atom. The van der Waals surface area contributed by atoms with Gasteiger partial charge in [-0.05, 0) is 32.1 Å². The highest BCUT2D eigenvalue weighted by atomic mass is 16.6. The van der Waals surface area contributed by atoms with Gasteiger partial charge >= 0.3 is 11.9 Å². The molecule has 0 aliphatic rings. The molecule has 10 heteroatoms. The van der Waals surface area contributed by atoms with E-state index in [2.05, 4.69) is 9.47 Å². The smallest absolute Gasteiger partial charge is 0.330 e. The van der Waals surface area contributed by atoms with Crippen molar-refractivity contribution in [1.29, 1.82) is 0 Å². The first-order chi connectivity index (χ1) is 12.3. The lowest BCUT2D eigenvalue weighted by Gasteiger charge is -2.03. The number of rotatable bonds is 8. The maximum absolute atomic E-state index is 11.4. The van der Waals surface area contributed by atoms with Crippen molar-refractivity contribution in [3.63, 3.8) is 0 Å². The predicted octanol–water partition coefficient (Wildman–Crippen LogP) is 2.66. The lowest BCUT2D eigenvalue weighted by Crippen LogP contribution is -2.01. The second kappa shape index (κ2) is 9.67. The Morgan fingerprint density at radius 1 is 0.885 bits per heavy atom. The van der Waals surface area contributed by atoms with E-state index in [9.17, 15) is 29.8 Å². The fraction of sp³-hybridized carbons (Fsp3) is 0.250. The van der Waals surface area contributed by atoms with Crippen molar-refractivity contribution >= 4 is 35.5 Å². The molecule has 138 valence electrons. The van der Waals surface area contributed by atoms with E-state index in [0.29, 0.717) is 0 Å². The van der Waals surface area contributed by atoms with Crippen molar-refractivity contribution in [2.75, 3.05) is 13.2 Å². The number of nitrogens with zero attached hydrogens (tertiary/aromatic N) is 2. The van der Waals surface area contributed by atoms with Crippen LogP contribution in [0.1, 0.15) is 25.0 Å². The SMILES string of the molecule is CCOC(=O)/C=C/c1cc(/C=C/C(=O)OCC)c([N+](=O)[O-])cc1[N+](=O)[O-]. The number of ether oxygens (including phenoxy) is 2. The van der Waals surface area contributed by atoms with Crippen molar-refractivity contribution in [1.82, 2.24) is 0 Å². The Morgan fingerprint density at radius 3 is 1.58 bits per heavy atom. The third kappa shape index (κ3) is 5.82. The van der Waals surface area contributed by atoms with Crippen LogP contribution >= 0.6 is 0 Å². The maximum atomic E-state index is 11.4. The monoisotopic (exact) mass is 364 g/mol. The molecule has 0 unspecified atom stereocenters. The highest BCUT2D eigenvalue weighted by Gasteiger charge is 2.22. The third-order valence-corrected chi connectivity index (χ3v) is 2.94. The van der Waals surface area contributed by atoms with E-state index >= 15 is 0 Å². The molecule has 0 spiro atoms. The Hall–Kier alpha value is -3.56. The molecule has 0 N–H and O–H groups in total. The van der Waals surface area contributed by atoms with E-state index in [-0.39, 0.29) is 24.3 Å². The van der Waals surface area contributed by atoms with E-state index in [0.717, 1.165) is 36.4 Å². The quantitative estimate of drug-likeness (QED) is 0.297. The average Bonchev–Trinajstić information content (AvgIpc) is 2.57. The Balaban J connectivity index is 3.41. The van der Waals surface area contributed by atoms with Gasteiger partial charge in [-0.3, -0.25) is 20.2 Å². The zero-order chi connectivity index (χ0) is 19.7. The average molecular weight is 364 g/mol. The fourth-order valence-corrected chi connectivity index (χ4v) is 1.89. The van der Waals surface area contributed by atoms with Crippen LogP contribution in [0.2, 0.25) is 0 Å². The number of nitro benzene ring substituents is 2. The van der Waals surface area contributed by atoms with Gasteiger partial charge in [0.05, 0.1) is 40.3 Å². The molecule has 0 amide bonds. The van der Waals surface area contributed by atoms with Crippen LogP contribution < -0.4 is 0 Å². The Kier molecular flexibility index (Phi) is 7.62. The van der Waals surface area contributed by atoms with Gasteiger partial charge < -0.3 is 9.47 Å². The summed E-state index contributed by atoms with van der Waals surface area (Å²) in [6.45, 7) is 3.44. The summed E-state index contributed by atoms with van der Waals surface area (Å²) in [7, 11) is 0. The molecule has 0 fully saturated rings. The summed E-state index contributed by atoms with van der Waals surface area (Å²) < 4.78 is 9.37. The standard InChI is InChI=1S/C16H16N2O8/c1-3-25-15(19)7-5-11-9-12(6-8-16(20)26-4-2)14(18(23)24)10-13(11)17(21)22/h5-10H,3-4H2,1-2H3/b7-5+,8-6+. The van der Waals surface area contributed by atoms with Gasteiger partial charge in [-0.25, -0.2) is 9.59 Å². The van der Waals surface area contributed by atoms with E-state index in [1.807, 2.05) is 0 Å². The van der Waals surface area contributed by atoms with Crippen LogP contribution in [0.4, 0.5) is 11.4 Å². The number of esters is 2. The van der Waals surface area contributed by atoms with Crippen LogP contribution in [0.3, 0.4) is 0 Å². The van der Waals surface area contributed by atoms with Crippen LogP contribution in [0, 0.1) is 20.2 Å². The summed E-state index contributed by atoms with van der Waals surface area (Å²) in [5.41, 5.74) is -1.25. The Bertz CT molecular complexity index is 721. The molecular formula is C16H16N2O8. The van der Waals surface area contributed by atoms with Crippen molar-refractivity contribution < 1.29 is 28.9 Å². The number of hydrogen-bond acceptors (Lipinski definition) is 8. The highest BCUT2D eigenvalue weighted by Crippen LogP contribution is 2.30. The van der Waals surface area contributed by atoms with Gasteiger partial charge in [0, 0.05) is 12.2 Å². The molecule has 0 heterocycles. The molecule has 0 aliphatic carbocycles. The molecule has 0 saturated carbocycles. The third-order valence-electron chi connectivity index (χ3n) is 2.94. The summed E-state index contributed by atoms with van der Waals surface area (Å²) in [5.74, 6) is -1.44. The molecule has 1 rings (SSSR count). The zero-order valence-corrected chi connectivity index (χ0v) is 14.0. The largest absolute Gasteiger partial charge is 0.463 e. The van der Waals surface area contributed by atoms with E-state index in [1.54, 1.807) is 13.8 Å². The highest BCUT2D eigenvalue weighted by molar-refractivity contribution is 5.90. The van der Waals surface area contributed by atoms with Crippen LogP contribution in [-0.2, 0) is 19.1 Å². The van der Waals surface area contributed by atoms with Gasteiger partial charge in [-0.1, -0.05) is 0 Å². The maximum Gasteiger partial charge on any atom is 0.330 e. The molecule has 0 bridgehead atoms. The first kappa shape index (κ1) is 20.5. The summed E-state index contributed by atoms with van der Waals surface area (Å²) in [4.78, 5) is 43.5. The van der Waals surface area contributed by atoms with Gasteiger partial charge in [0.25, 0.3) is 11.4 Å². The number of carbonyl (C=O) groups excluding carboxylic acids is 2. The summed E-state index contributed by atoms with van der Waals surface area (Å²) in [6, 6.07) is 1.89. The molecule has 0 radical (unpaired) electrons. The zero-order valence-electron chi connectivity index (χ0n) is 14.0. The van der Waals surface area contributed by atoms with Crippen LogP contribution in [-0.4, -0.2) is 35.0 Å². The van der Waals surface area contributed by atoms with Crippen molar-refractivity contribution in [2.24, 2.45) is 0 Å². The minimum atomic E-state index is -0.809. The summed E-state index contributed by atoms with van der Waals surface area (Å²) in [5, 5.41) is 22.3. The lowest BCUT2D eigenvalue weighted by molar-refractivity contribution is -0.394. The molecular weight excluding hydrogens is 348 g/mol. The molecule has 0 aliphatic heterocycles. The number of nitro groups is 2. The minimum absolute atomic E-state index is 0.0582. The molecule has 0 atom stereocenters. The summed E-state index contributed by atoms with van der Waals surface area (Å²) >= 11 is 0. The van der Waals surface area contributed by atoms with E-state index in [1.165, 1.54) is 0 Å². The van der Waals surface area contributed by atoms with Gasteiger partial charge in [0.1, 0.15) is 0 Å². The van der Waals surface area contributed by atoms with Gasteiger partial charge in [-0.2, -0.15) is 0 Å². The van der Waals surface area contributed by atoms with Gasteiger partial charge in [0.15, 0.2) is 0 Å². The van der Waals surface area contributed by atoms with Crippen molar-refractivity contribution in [2.45, 2.75) is 13.8 Å². The molecule has 10 nitrogen and oxygen atoms in total. The lowest BCUT2D eigenvalue weighted by atomic mass is 10.0. The predicted molar refractivity (Wildman–Crippen MR) is 91.1 cm³/mol. The normalized spacial score (nSPS) is 10.8. The van der Waals surface area contributed by atoms with E-state index < -0.39 is 33.2 Å². The van der Waals surface area contributed by atoms with Crippen molar-refractivity contribution in [3.8, 4) is 0 Å². The summed E-state index contributed by atoms with van der Waals surface area (Å²) in [6.07, 6.45) is 4.16. The second-order valence-electron chi connectivity index (χ2n) is 4.65. The van der Waals surface area contributed by atoms with Crippen LogP contribution in [0.5, 0.6) is 0 Å². The number of hydrogen-bond donors (Lipinski definition) is 0. The molecule has 1 aromatic rings. The van der Waals surface area contributed by atoms with Crippen LogP contribution in [0.25, 0.3) is 12.2 Å². The first-order valence-electron chi connectivity index (χ1n) is 7.46. The number of benzene rings is 1. The topological polar surface area (TPSA) is 139 Å². The molecule has 1 aromatic carbocycles. The number of carbonyl (C=O) groups is 2. The van der Waals surface area contributed by atoms with Gasteiger partial charge in [0.2, 0.25) is 0 Å². The van der Waals surface area contributed by atoms with Crippen LogP contribution in [0.15, 0.2) is 24.3 Å². The van der Waals surface area contributed by atoms with Gasteiger partial charge in [-0.15, -0.1) is 0 Å². The molecule has 0 saturated heterocycles. The Labute approximate surface area is 148 Å². The second-order valence-corrected chi connectivity index (χ2v) is 4.65. The van der Waals surface area contributed by atoms with E-state index in [4.69, 9.17) is 0 Å². The minimum Gasteiger partial charge on any atom is -0.463 e. The molecule has 26 heavy (non-hydrogen) atoms. The van der Waals surface area contributed by atoms with Crippen molar-refractivity contribution in [3.05, 3.63) is 55.6 Å². The molecule has 0 aromatic heterocycles.